The maximum absolute atomic E-state index is 11.3. The first-order valence-electron chi connectivity index (χ1n) is 6.88. The van der Waals surface area contributed by atoms with Gasteiger partial charge in [-0.05, 0) is 29.8 Å². The highest BCUT2D eigenvalue weighted by Crippen LogP contribution is 2.13. The van der Waals surface area contributed by atoms with E-state index in [1.54, 1.807) is 7.05 Å². The first-order valence-corrected chi connectivity index (χ1v) is 6.88. The van der Waals surface area contributed by atoms with Crippen LogP contribution in [0.15, 0.2) is 54.6 Å². The van der Waals surface area contributed by atoms with Gasteiger partial charge in [-0.2, -0.15) is 0 Å². The second kappa shape index (κ2) is 7.94. The Morgan fingerprint density at radius 2 is 1.48 bits per heavy atom. The van der Waals surface area contributed by atoms with E-state index in [0.29, 0.717) is 19.6 Å². The fraction of sp³-hybridized carbons (Fsp3) is 0.235. The van der Waals surface area contributed by atoms with Crippen LogP contribution in [0.4, 0.5) is 0 Å². The van der Waals surface area contributed by atoms with Crippen LogP contribution in [0.2, 0.25) is 0 Å². The number of hydrogen-bond donors (Lipinski definition) is 1. The Morgan fingerprint density at radius 1 is 0.905 bits per heavy atom. The van der Waals surface area contributed by atoms with Crippen LogP contribution in [-0.4, -0.2) is 26.2 Å². The molecule has 1 N–H and O–H groups in total. The van der Waals surface area contributed by atoms with Gasteiger partial charge in [-0.15, -0.1) is 0 Å². The van der Waals surface area contributed by atoms with E-state index in [0.717, 1.165) is 17.1 Å². The van der Waals surface area contributed by atoms with Crippen molar-refractivity contribution in [3.8, 4) is 11.5 Å². The van der Waals surface area contributed by atoms with Gasteiger partial charge in [0, 0.05) is 7.05 Å². The Balaban J connectivity index is 1.72. The highest BCUT2D eigenvalue weighted by Gasteiger charge is 2.01. The third kappa shape index (κ3) is 5.18. The fourth-order valence-corrected chi connectivity index (χ4v) is 1.81. The van der Waals surface area contributed by atoms with Gasteiger partial charge in [0.25, 0.3) is 0 Å². The number of para-hydroxylation sites is 1. The van der Waals surface area contributed by atoms with Crippen LogP contribution in [0.3, 0.4) is 0 Å². The number of likely N-dealkylation sites (N-methyl/N-ethyl adjacent to an activating group) is 1. The topological polar surface area (TPSA) is 47.6 Å². The number of nitrogens with one attached hydrogen (secondary N) is 1. The maximum Gasteiger partial charge on any atom is 0.224 e. The molecule has 1 amide bonds. The van der Waals surface area contributed by atoms with Gasteiger partial charge in [-0.25, -0.2) is 0 Å². The molecule has 0 unspecified atom stereocenters. The van der Waals surface area contributed by atoms with Crippen molar-refractivity contribution < 1.29 is 14.3 Å². The summed E-state index contributed by atoms with van der Waals surface area (Å²) in [5.74, 6) is 1.61. The summed E-state index contributed by atoms with van der Waals surface area (Å²) >= 11 is 0. The summed E-state index contributed by atoms with van der Waals surface area (Å²) in [5.41, 5.74) is 0.960. The molecule has 0 saturated carbocycles. The van der Waals surface area contributed by atoms with E-state index in [1.165, 1.54) is 0 Å². The van der Waals surface area contributed by atoms with E-state index in [4.69, 9.17) is 9.47 Å². The molecule has 110 valence electrons. The van der Waals surface area contributed by atoms with Gasteiger partial charge < -0.3 is 14.8 Å². The molecule has 4 nitrogen and oxygen atoms in total. The zero-order chi connectivity index (χ0) is 14.9. The lowest BCUT2D eigenvalue weighted by atomic mass is 10.1. The molecule has 0 spiro atoms. The van der Waals surface area contributed by atoms with E-state index in [2.05, 4.69) is 5.32 Å². The molecule has 0 aromatic heterocycles. The monoisotopic (exact) mass is 285 g/mol. The van der Waals surface area contributed by atoms with Gasteiger partial charge in [-0.1, -0.05) is 30.3 Å². The van der Waals surface area contributed by atoms with Gasteiger partial charge >= 0.3 is 0 Å². The van der Waals surface area contributed by atoms with Crippen molar-refractivity contribution in [3.63, 3.8) is 0 Å². The predicted molar refractivity (Wildman–Crippen MR) is 81.6 cm³/mol. The van der Waals surface area contributed by atoms with Gasteiger partial charge in [0.15, 0.2) is 0 Å². The van der Waals surface area contributed by atoms with Crippen molar-refractivity contribution in [1.29, 1.82) is 0 Å². The second-order valence-electron chi connectivity index (χ2n) is 4.50. The van der Waals surface area contributed by atoms with Gasteiger partial charge in [0.1, 0.15) is 24.7 Å². The zero-order valence-electron chi connectivity index (χ0n) is 12.0. The molecule has 0 saturated heterocycles. The molecule has 0 aliphatic heterocycles. The van der Waals surface area contributed by atoms with Gasteiger partial charge in [0.05, 0.1) is 6.42 Å². The average molecular weight is 285 g/mol. The van der Waals surface area contributed by atoms with Crippen molar-refractivity contribution in [2.45, 2.75) is 6.42 Å². The SMILES string of the molecule is CNC(=O)Cc1ccc(OCCOc2ccccc2)cc1. The largest absolute Gasteiger partial charge is 0.490 e. The molecule has 0 fully saturated rings. The van der Waals surface area contributed by atoms with Crippen LogP contribution in [0.5, 0.6) is 11.5 Å². The van der Waals surface area contributed by atoms with Crippen molar-refractivity contribution in [2.24, 2.45) is 0 Å². The molecule has 2 aromatic carbocycles. The fourth-order valence-electron chi connectivity index (χ4n) is 1.81. The third-order valence-electron chi connectivity index (χ3n) is 2.93. The van der Waals surface area contributed by atoms with Gasteiger partial charge in [0.2, 0.25) is 5.91 Å². The number of carbonyl (C=O) groups excluding carboxylic acids is 1. The van der Waals surface area contributed by atoms with E-state index < -0.39 is 0 Å². The van der Waals surface area contributed by atoms with Crippen LogP contribution in [-0.2, 0) is 11.2 Å². The molecule has 0 atom stereocenters. The van der Waals surface area contributed by atoms with Crippen LogP contribution in [0, 0.1) is 0 Å². The molecule has 2 aromatic rings. The highest BCUT2D eigenvalue weighted by atomic mass is 16.5. The number of ether oxygens (including phenoxy) is 2. The lowest BCUT2D eigenvalue weighted by molar-refractivity contribution is -0.119. The predicted octanol–water partition coefficient (Wildman–Crippen LogP) is 2.43. The molecule has 0 aliphatic rings. The summed E-state index contributed by atoms with van der Waals surface area (Å²) in [6, 6.07) is 17.1. The number of hydrogen-bond acceptors (Lipinski definition) is 3. The summed E-state index contributed by atoms with van der Waals surface area (Å²) in [5, 5.41) is 2.60. The quantitative estimate of drug-likeness (QED) is 0.795. The Morgan fingerprint density at radius 3 is 2.05 bits per heavy atom. The third-order valence-corrected chi connectivity index (χ3v) is 2.93. The minimum absolute atomic E-state index is 0.0000653. The smallest absolute Gasteiger partial charge is 0.224 e. The second-order valence-corrected chi connectivity index (χ2v) is 4.50. The summed E-state index contributed by atoms with van der Waals surface area (Å²) in [7, 11) is 1.63. The number of benzene rings is 2. The normalized spacial score (nSPS) is 9.95. The maximum atomic E-state index is 11.3. The van der Waals surface area contributed by atoms with E-state index in [9.17, 15) is 4.79 Å². The Hall–Kier alpha value is -2.49. The van der Waals surface area contributed by atoms with Crippen LogP contribution < -0.4 is 14.8 Å². The minimum Gasteiger partial charge on any atom is -0.490 e. The molecule has 0 heterocycles. The lowest BCUT2D eigenvalue weighted by Crippen LogP contribution is -2.19. The summed E-state index contributed by atoms with van der Waals surface area (Å²) < 4.78 is 11.1. The first-order chi connectivity index (χ1) is 10.3. The zero-order valence-corrected chi connectivity index (χ0v) is 12.0. The van der Waals surface area contributed by atoms with E-state index in [1.807, 2.05) is 54.6 Å². The molecule has 4 heteroatoms. The summed E-state index contributed by atoms with van der Waals surface area (Å²) in [6.07, 6.45) is 0.383. The molecule has 0 radical (unpaired) electrons. The Bertz CT molecular complexity index is 552. The number of carbonyl (C=O) groups is 1. The Labute approximate surface area is 124 Å². The van der Waals surface area contributed by atoms with Crippen molar-refractivity contribution in [3.05, 3.63) is 60.2 Å². The molecule has 0 bridgehead atoms. The number of rotatable bonds is 7. The standard InChI is InChI=1S/C17H19NO3/c1-18-17(19)13-14-7-9-16(10-8-14)21-12-11-20-15-5-3-2-4-6-15/h2-10H,11-13H2,1H3,(H,18,19). The van der Waals surface area contributed by atoms with E-state index >= 15 is 0 Å². The summed E-state index contributed by atoms with van der Waals surface area (Å²) in [4.78, 5) is 11.3. The molecule has 2 rings (SSSR count). The van der Waals surface area contributed by atoms with Crippen molar-refractivity contribution >= 4 is 5.91 Å². The molecule has 21 heavy (non-hydrogen) atoms. The molecular weight excluding hydrogens is 266 g/mol. The highest BCUT2D eigenvalue weighted by molar-refractivity contribution is 5.78. The van der Waals surface area contributed by atoms with E-state index in [-0.39, 0.29) is 5.91 Å². The number of amides is 1. The van der Waals surface area contributed by atoms with Crippen molar-refractivity contribution in [1.82, 2.24) is 5.32 Å². The summed E-state index contributed by atoms with van der Waals surface area (Å²) in [6.45, 7) is 0.966. The molecular formula is C17H19NO3. The van der Waals surface area contributed by atoms with Crippen LogP contribution in [0.1, 0.15) is 5.56 Å². The average Bonchev–Trinajstić information content (AvgIpc) is 2.54. The minimum atomic E-state index is -0.0000653. The van der Waals surface area contributed by atoms with Crippen molar-refractivity contribution in [2.75, 3.05) is 20.3 Å². The lowest BCUT2D eigenvalue weighted by Gasteiger charge is -2.08. The Kier molecular flexibility index (Phi) is 5.64. The van der Waals surface area contributed by atoms with Crippen LogP contribution >= 0.6 is 0 Å². The van der Waals surface area contributed by atoms with Gasteiger partial charge in [-0.3, -0.25) is 4.79 Å². The van der Waals surface area contributed by atoms with Crippen LogP contribution in [0.25, 0.3) is 0 Å². The molecule has 0 aliphatic carbocycles. The first kappa shape index (κ1) is 14.9.